The van der Waals surface area contributed by atoms with E-state index in [0.29, 0.717) is 21.3 Å². The minimum Gasteiger partial charge on any atom is -0.379 e. The molecule has 0 aliphatic carbocycles. The van der Waals surface area contributed by atoms with Gasteiger partial charge in [0, 0.05) is 21.5 Å². The zero-order valence-corrected chi connectivity index (χ0v) is 12.7. The lowest BCUT2D eigenvalue weighted by molar-refractivity contribution is 0.747. The standard InChI is InChI=1S/C11H12BrCl2NS/c1-6-2-8(5-16-6)15-11-9(13)3-7(12)4-10(11)14/h3-4,6,8,15H,2,5H2,1H3. The first-order chi connectivity index (χ1) is 7.56. The fourth-order valence-electron chi connectivity index (χ4n) is 1.80. The van der Waals surface area contributed by atoms with Crippen molar-refractivity contribution < 1.29 is 0 Å². The molecule has 0 radical (unpaired) electrons. The first-order valence-electron chi connectivity index (χ1n) is 5.09. The monoisotopic (exact) mass is 339 g/mol. The molecule has 0 amide bonds. The molecule has 2 rings (SSSR count). The smallest absolute Gasteiger partial charge is 0.0722 e. The van der Waals surface area contributed by atoms with Gasteiger partial charge in [-0.3, -0.25) is 0 Å². The fourth-order valence-corrected chi connectivity index (χ4v) is 4.27. The molecule has 88 valence electrons. The van der Waals surface area contributed by atoms with Crippen molar-refractivity contribution in [2.45, 2.75) is 24.6 Å². The van der Waals surface area contributed by atoms with E-state index in [9.17, 15) is 0 Å². The minimum atomic E-state index is 0.469. The maximum Gasteiger partial charge on any atom is 0.0722 e. The summed E-state index contributed by atoms with van der Waals surface area (Å²) in [5, 5.41) is 5.48. The lowest BCUT2D eigenvalue weighted by Gasteiger charge is -2.16. The van der Waals surface area contributed by atoms with Crippen molar-refractivity contribution in [3.63, 3.8) is 0 Å². The first kappa shape index (κ1) is 12.9. The van der Waals surface area contributed by atoms with Crippen molar-refractivity contribution in [3.05, 3.63) is 26.7 Å². The first-order valence-corrected chi connectivity index (χ1v) is 7.68. The Balaban J connectivity index is 2.15. The summed E-state index contributed by atoms with van der Waals surface area (Å²) in [6.45, 7) is 2.25. The number of nitrogens with one attached hydrogen (secondary N) is 1. The summed E-state index contributed by atoms with van der Waals surface area (Å²) >= 11 is 17.7. The highest BCUT2D eigenvalue weighted by Gasteiger charge is 2.23. The Kier molecular flexibility index (Phi) is 4.33. The van der Waals surface area contributed by atoms with Gasteiger partial charge in [0.2, 0.25) is 0 Å². The summed E-state index contributed by atoms with van der Waals surface area (Å²) in [5.41, 5.74) is 0.853. The second kappa shape index (κ2) is 5.38. The van der Waals surface area contributed by atoms with Crippen LogP contribution in [0, 0.1) is 0 Å². The topological polar surface area (TPSA) is 12.0 Å². The largest absolute Gasteiger partial charge is 0.379 e. The summed E-state index contributed by atoms with van der Waals surface area (Å²) in [7, 11) is 0. The second-order valence-corrected chi connectivity index (χ2v) is 7.17. The van der Waals surface area contributed by atoms with Gasteiger partial charge in [-0.2, -0.15) is 11.8 Å². The highest BCUT2D eigenvalue weighted by Crippen LogP contribution is 2.36. The van der Waals surface area contributed by atoms with E-state index < -0.39 is 0 Å². The van der Waals surface area contributed by atoms with Gasteiger partial charge in [0.05, 0.1) is 15.7 Å². The number of hydrogen-bond acceptors (Lipinski definition) is 2. The Morgan fingerprint density at radius 3 is 2.50 bits per heavy atom. The molecule has 1 saturated heterocycles. The average molecular weight is 341 g/mol. The van der Waals surface area contributed by atoms with Crippen LogP contribution in [0.5, 0.6) is 0 Å². The van der Waals surface area contributed by atoms with Gasteiger partial charge in [-0.25, -0.2) is 0 Å². The SMILES string of the molecule is CC1CC(Nc2c(Cl)cc(Br)cc2Cl)CS1. The van der Waals surface area contributed by atoms with Crippen molar-refractivity contribution in [2.75, 3.05) is 11.1 Å². The van der Waals surface area contributed by atoms with Crippen molar-refractivity contribution in [2.24, 2.45) is 0 Å². The molecule has 0 aromatic heterocycles. The average Bonchev–Trinajstić information content (AvgIpc) is 2.58. The molecular formula is C11H12BrCl2NS. The summed E-state index contributed by atoms with van der Waals surface area (Å²) in [4.78, 5) is 0. The van der Waals surface area contributed by atoms with Crippen LogP contribution < -0.4 is 5.32 Å². The molecule has 1 nitrogen and oxygen atoms in total. The molecule has 0 saturated carbocycles. The maximum absolute atomic E-state index is 6.17. The zero-order valence-electron chi connectivity index (χ0n) is 8.77. The van der Waals surface area contributed by atoms with Crippen LogP contribution in [-0.2, 0) is 0 Å². The van der Waals surface area contributed by atoms with E-state index in [0.717, 1.165) is 22.3 Å². The van der Waals surface area contributed by atoms with Gasteiger partial charge in [0.25, 0.3) is 0 Å². The lowest BCUT2D eigenvalue weighted by atomic mass is 10.2. The summed E-state index contributed by atoms with van der Waals surface area (Å²) in [5.74, 6) is 1.11. The molecule has 0 bridgehead atoms. The van der Waals surface area contributed by atoms with Crippen LogP contribution in [0.2, 0.25) is 10.0 Å². The van der Waals surface area contributed by atoms with Crippen LogP contribution in [0.3, 0.4) is 0 Å². The van der Waals surface area contributed by atoms with Gasteiger partial charge in [0.1, 0.15) is 0 Å². The molecular weight excluding hydrogens is 329 g/mol. The summed E-state index contributed by atoms with van der Waals surface area (Å²) < 4.78 is 0.905. The van der Waals surface area contributed by atoms with Crippen LogP contribution in [-0.4, -0.2) is 17.0 Å². The van der Waals surface area contributed by atoms with Crippen molar-refractivity contribution in [1.29, 1.82) is 0 Å². The number of anilines is 1. The summed E-state index contributed by atoms with van der Waals surface area (Å²) in [6, 6.07) is 4.19. The highest BCUT2D eigenvalue weighted by atomic mass is 79.9. The predicted molar refractivity (Wildman–Crippen MR) is 78.1 cm³/mol. The highest BCUT2D eigenvalue weighted by molar-refractivity contribution is 9.10. The number of hydrogen-bond donors (Lipinski definition) is 1. The van der Waals surface area contributed by atoms with Crippen molar-refractivity contribution >= 4 is 56.6 Å². The third-order valence-electron chi connectivity index (χ3n) is 2.55. The Morgan fingerprint density at radius 1 is 1.38 bits per heavy atom. The Hall–Kier alpha value is 0.430. The van der Waals surface area contributed by atoms with E-state index in [2.05, 4.69) is 28.2 Å². The molecule has 1 fully saturated rings. The Bertz CT molecular complexity index is 377. The third-order valence-corrected chi connectivity index (χ3v) is 4.96. The molecule has 2 unspecified atom stereocenters. The predicted octanol–water partition coefficient (Wildman–Crippen LogP) is 5.06. The number of halogens is 3. The lowest BCUT2D eigenvalue weighted by Crippen LogP contribution is -2.19. The van der Waals surface area contributed by atoms with E-state index in [1.165, 1.54) is 0 Å². The molecule has 0 spiro atoms. The minimum absolute atomic E-state index is 0.469. The molecule has 1 aromatic carbocycles. The van der Waals surface area contributed by atoms with Crippen LogP contribution in [0.25, 0.3) is 0 Å². The van der Waals surface area contributed by atoms with Gasteiger partial charge in [-0.1, -0.05) is 46.1 Å². The van der Waals surface area contributed by atoms with Crippen LogP contribution in [0.1, 0.15) is 13.3 Å². The van der Waals surface area contributed by atoms with Gasteiger partial charge < -0.3 is 5.32 Å². The number of thioether (sulfide) groups is 1. The van der Waals surface area contributed by atoms with Crippen LogP contribution >= 0.6 is 50.9 Å². The maximum atomic E-state index is 6.17. The van der Waals surface area contributed by atoms with Gasteiger partial charge in [0.15, 0.2) is 0 Å². The van der Waals surface area contributed by atoms with E-state index in [1.54, 1.807) is 0 Å². The molecule has 1 aliphatic rings. The zero-order chi connectivity index (χ0) is 11.7. The quantitative estimate of drug-likeness (QED) is 0.807. The molecule has 5 heteroatoms. The normalized spacial score (nSPS) is 24.8. The second-order valence-electron chi connectivity index (χ2n) is 3.97. The van der Waals surface area contributed by atoms with Gasteiger partial charge in [-0.15, -0.1) is 0 Å². The van der Waals surface area contributed by atoms with E-state index in [4.69, 9.17) is 23.2 Å². The molecule has 2 atom stereocenters. The van der Waals surface area contributed by atoms with E-state index in [-0.39, 0.29) is 0 Å². The van der Waals surface area contributed by atoms with Crippen LogP contribution in [0.4, 0.5) is 5.69 Å². The molecule has 1 N–H and O–H groups in total. The Morgan fingerprint density at radius 2 is 2.00 bits per heavy atom. The van der Waals surface area contributed by atoms with Gasteiger partial charge >= 0.3 is 0 Å². The van der Waals surface area contributed by atoms with E-state index in [1.807, 2.05) is 23.9 Å². The molecule has 1 aliphatic heterocycles. The molecule has 1 aromatic rings. The number of rotatable bonds is 2. The fraction of sp³-hybridized carbons (Fsp3) is 0.455. The summed E-state index contributed by atoms with van der Waals surface area (Å²) in [6.07, 6.45) is 1.16. The molecule has 16 heavy (non-hydrogen) atoms. The van der Waals surface area contributed by atoms with Crippen molar-refractivity contribution in [1.82, 2.24) is 0 Å². The molecule has 1 heterocycles. The Labute approximate surface area is 118 Å². The van der Waals surface area contributed by atoms with Gasteiger partial charge in [-0.05, 0) is 18.6 Å². The number of benzene rings is 1. The van der Waals surface area contributed by atoms with Crippen molar-refractivity contribution in [3.8, 4) is 0 Å². The van der Waals surface area contributed by atoms with Crippen LogP contribution in [0.15, 0.2) is 16.6 Å². The van der Waals surface area contributed by atoms with E-state index >= 15 is 0 Å². The third kappa shape index (κ3) is 3.00.